The molecule has 5 nitrogen and oxygen atoms in total. The zero-order valence-corrected chi connectivity index (χ0v) is 13.4. The fraction of sp³-hybridized carbons (Fsp3) is 0.211. The number of imide groups is 1. The lowest BCUT2D eigenvalue weighted by Crippen LogP contribution is -2.40. The average molecular weight is 322 g/mol. The van der Waals surface area contributed by atoms with Gasteiger partial charge in [0.15, 0.2) is 0 Å². The first kappa shape index (κ1) is 15.9. The van der Waals surface area contributed by atoms with Crippen molar-refractivity contribution in [2.24, 2.45) is 0 Å². The Morgan fingerprint density at radius 1 is 0.958 bits per heavy atom. The normalized spacial score (nSPS) is 13.1. The van der Waals surface area contributed by atoms with Gasteiger partial charge >= 0.3 is 0 Å². The van der Waals surface area contributed by atoms with Crippen LogP contribution in [-0.4, -0.2) is 35.7 Å². The van der Waals surface area contributed by atoms with Crippen molar-refractivity contribution in [1.29, 1.82) is 0 Å². The van der Waals surface area contributed by atoms with Crippen LogP contribution in [0.4, 0.5) is 0 Å². The Morgan fingerprint density at radius 2 is 1.54 bits per heavy atom. The van der Waals surface area contributed by atoms with Crippen LogP contribution in [-0.2, 0) is 11.2 Å². The van der Waals surface area contributed by atoms with Gasteiger partial charge in [-0.05, 0) is 31.0 Å². The van der Waals surface area contributed by atoms with Gasteiger partial charge in [0.05, 0.1) is 11.1 Å². The molecule has 0 unspecified atom stereocenters. The van der Waals surface area contributed by atoms with Crippen LogP contribution in [0.15, 0.2) is 48.5 Å². The number of carbonyl (C=O) groups excluding carboxylic acids is 3. The molecule has 1 N–H and O–H groups in total. The van der Waals surface area contributed by atoms with E-state index in [1.54, 1.807) is 24.3 Å². The Balaban J connectivity index is 1.53. The fourth-order valence-corrected chi connectivity index (χ4v) is 2.68. The van der Waals surface area contributed by atoms with Crippen LogP contribution in [0.1, 0.15) is 31.8 Å². The highest BCUT2D eigenvalue weighted by Crippen LogP contribution is 2.21. The topological polar surface area (TPSA) is 66.5 Å². The number of nitrogens with one attached hydrogen (secondary N) is 1. The molecule has 0 radical (unpaired) electrons. The highest BCUT2D eigenvalue weighted by molar-refractivity contribution is 6.22. The number of rotatable bonds is 5. The molecule has 0 atom stereocenters. The molecule has 0 spiro atoms. The van der Waals surface area contributed by atoms with Gasteiger partial charge in [-0.15, -0.1) is 0 Å². The molecule has 24 heavy (non-hydrogen) atoms. The van der Waals surface area contributed by atoms with Gasteiger partial charge in [0.1, 0.15) is 6.54 Å². The minimum absolute atomic E-state index is 0.250. The number of hydrogen-bond acceptors (Lipinski definition) is 3. The summed E-state index contributed by atoms with van der Waals surface area (Å²) >= 11 is 0. The molecule has 122 valence electrons. The predicted molar refractivity (Wildman–Crippen MR) is 89.7 cm³/mol. The van der Waals surface area contributed by atoms with Crippen LogP contribution in [0.5, 0.6) is 0 Å². The first-order valence-electron chi connectivity index (χ1n) is 7.84. The number of nitrogens with zero attached hydrogens (tertiary/aromatic N) is 1. The van der Waals surface area contributed by atoms with Crippen LogP contribution < -0.4 is 5.32 Å². The molecule has 1 aliphatic heterocycles. The number of hydrogen-bond donors (Lipinski definition) is 1. The lowest BCUT2D eigenvalue weighted by atomic mass is 10.1. The zero-order chi connectivity index (χ0) is 17.1. The summed E-state index contributed by atoms with van der Waals surface area (Å²) in [6.45, 7) is 2.24. The molecular formula is C19H18N2O3. The van der Waals surface area contributed by atoms with E-state index in [1.807, 2.05) is 31.2 Å². The first-order valence-corrected chi connectivity index (χ1v) is 7.84. The fourth-order valence-electron chi connectivity index (χ4n) is 2.68. The van der Waals surface area contributed by atoms with E-state index in [2.05, 4.69) is 5.32 Å². The van der Waals surface area contributed by atoms with Gasteiger partial charge in [-0.3, -0.25) is 19.3 Å². The second kappa shape index (κ2) is 6.66. The summed E-state index contributed by atoms with van der Waals surface area (Å²) in [4.78, 5) is 37.4. The average Bonchev–Trinajstić information content (AvgIpc) is 2.82. The molecule has 1 aliphatic rings. The van der Waals surface area contributed by atoms with Gasteiger partial charge in [0, 0.05) is 6.54 Å². The van der Waals surface area contributed by atoms with Crippen LogP contribution in [0.3, 0.4) is 0 Å². The van der Waals surface area contributed by atoms with Gasteiger partial charge in [0.25, 0.3) is 11.8 Å². The van der Waals surface area contributed by atoms with E-state index in [9.17, 15) is 14.4 Å². The van der Waals surface area contributed by atoms with Crippen molar-refractivity contribution in [2.45, 2.75) is 13.3 Å². The molecule has 0 aliphatic carbocycles. The third kappa shape index (κ3) is 3.20. The van der Waals surface area contributed by atoms with E-state index >= 15 is 0 Å². The summed E-state index contributed by atoms with van der Waals surface area (Å²) in [5.41, 5.74) is 3.03. The Bertz CT molecular complexity index is 762. The number of benzene rings is 2. The summed E-state index contributed by atoms with van der Waals surface area (Å²) < 4.78 is 0. The molecule has 3 amide bonds. The van der Waals surface area contributed by atoms with Crippen LogP contribution >= 0.6 is 0 Å². The molecule has 0 aromatic heterocycles. The maximum Gasteiger partial charge on any atom is 0.262 e. The highest BCUT2D eigenvalue weighted by atomic mass is 16.2. The standard InChI is InChI=1S/C19H18N2O3/c1-13-6-8-14(9-7-13)10-11-20-17(22)12-21-18(23)15-4-2-3-5-16(15)19(21)24/h2-9H,10-12H2,1H3,(H,20,22). The third-order valence-corrected chi connectivity index (χ3v) is 4.04. The van der Waals surface area contributed by atoms with E-state index in [1.165, 1.54) is 5.56 Å². The molecule has 0 bridgehead atoms. The van der Waals surface area contributed by atoms with Crippen LogP contribution in [0.2, 0.25) is 0 Å². The second-order valence-corrected chi connectivity index (χ2v) is 5.83. The lowest BCUT2D eigenvalue weighted by Gasteiger charge is -2.13. The summed E-state index contributed by atoms with van der Waals surface area (Å²) in [5, 5.41) is 2.76. The monoisotopic (exact) mass is 322 g/mol. The highest BCUT2D eigenvalue weighted by Gasteiger charge is 2.36. The van der Waals surface area contributed by atoms with Crippen LogP contribution in [0, 0.1) is 6.92 Å². The summed E-state index contributed by atoms with van der Waals surface area (Å²) in [6, 6.07) is 14.7. The number of carbonyl (C=O) groups is 3. The van der Waals surface area contributed by atoms with E-state index in [0.717, 1.165) is 10.5 Å². The molecule has 2 aromatic rings. The van der Waals surface area contributed by atoms with Crippen molar-refractivity contribution in [2.75, 3.05) is 13.1 Å². The van der Waals surface area contributed by atoms with Crippen molar-refractivity contribution < 1.29 is 14.4 Å². The molecule has 0 saturated heterocycles. The van der Waals surface area contributed by atoms with E-state index in [0.29, 0.717) is 24.1 Å². The Hall–Kier alpha value is -2.95. The summed E-state index contributed by atoms with van der Waals surface area (Å²) in [5.74, 6) is -1.16. The van der Waals surface area contributed by atoms with Crippen molar-refractivity contribution in [1.82, 2.24) is 10.2 Å². The van der Waals surface area contributed by atoms with Gasteiger partial charge in [-0.1, -0.05) is 42.0 Å². The molecule has 5 heteroatoms. The van der Waals surface area contributed by atoms with Crippen LogP contribution in [0.25, 0.3) is 0 Å². The Morgan fingerprint density at radius 3 is 2.12 bits per heavy atom. The summed E-state index contributed by atoms with van der Waals surface area (Å²) in [6.07, 6.45) is 0.703. The van der Waals surface area contributed by atoms with Gasteiger partial charge in [-0.2, -0.15) is 0 Å². The summed E-state index contributed by atoms with van der Waals surface area (Å²) in [7, 11) is 0. The predicted octanol–water partition coefficient (Wildman–Crippen LogP) is 1.95. The largest absolute Gasteiger partial charge is 0.354 e. The van der Waals surface area contributed by atoms with Crippen molar-refractivity contribution >= 4 is 17.7 Å². The van der Waals surface area contributed by atoms with Crippen molar-refractivity contribution in [3.05, 3.63) is 70.8 Å². The van der Waals surface area contributed by atoms with E-state index in [4.69, 9.17) is 0 Å². The Kier molecular flexibility index (Phi) is 4.42. The van der Waals surface area contributed by atoms with Gasteiger partial charge in [0.2, 0.25) is 5.91 Å². The van der Waals surface area contributed by atoms with Gasteiger partial charge < -0.3 is 5.32 Å². The number of fused-ring (bicyclic) bond motifs is 1. The van der Waals surface area contributed by atoms with E-state index < -0.39 is 11.8 Å². The maximum atomic E-state index is 12.2. The number of aryl methyl sites for hydroxylation is 1. The molecular weight excluding hydrogens is 304 g/mol. The number of amides is 3. The first-order chi connectivity index (χ1) is 11.6. The second-order valence-electron chi connectivity index (χ2n) is 5.83. The smallest absolute Gasteiger partial charge is 0.262 e. The van der Waals surface area contributed by atoms with Crippen molar-refractivity contribution in [3.63, 3.8) is 0 Å². The van der Waals surface area contributed by atoms with Gasteiger partial charge in [-0.25, -0.2) is 0 Å². The third-order valence-electron chi connectivity index (χ3n) is 4.04. The Labute approximate surface area is 140 Å². The molecule has 1 heterocycles. The quantitative estimate of drug-likeness (QED) is 0.856. The molecule has 2 aromatic carbocycles. The lowest BCUT2D eigenvalue weighted by molar-refractivity contribution is -0.121. The molecule has 3 rings (SSSR count). The maximum absolute atomic E-state index is 12.2. The zero-order valence-electron chi connectivity index (χ0n) is 13.4. The SMILES string of the molecule is Cc1ccc(CCNC(=O)CN2C(=O)c3ccccc3C2=O)cc1. The van der Waals surface area contributed by atoms with E-state index in [-0.39, 0.29) is 12.5 Å². The minimum atomic E-state index is -0.413. The molecule has 0 fully saturated rings. The van der Waals surface area contributed by atoms with Crippen molar-refractivity contribution in [3.8, 4) is 0 Å². The minimum Gasteiger partial charge on any atom is -0.354 e. The molecule has 0 saturated carbocycles.